The topological polar surface area (TPSA) is 63.3 Å². The molecular formula is C24H31NO2S. The number of hydrogen-bond acceptors (Lipinski definition) is 3. The molecule has 3 N–H and O–H groups in total. The number of nitrogens with two attached hydrogens (primary N) is 1. The maximum atomic E-state index is 11.7. The van der Waals surface area contributed by atoms with Gasteiger partial charge in [-0.1, -0.05) is 38.0 Å². The van der Waals surface area contributed by atoms with E-state index in [0.29, 0.717) is 11.3 Å². The fourth-order valence-corrected chi connectivity index (χ4v) is 5.21. The molecule has 0 saturated carbocycles. The molecule has 0 aliphatic rings. The molecular weight excluding hydrogens is 366 g/mol. The van der Waals surface area contributed by atoms with Gasteiger partial charge in [-0.15, -0.1) is 17.8 Å². The van der Waals surface area contributed by atoms with Crippen LogP contribution in [0.3, 0.4) is 0 Å². The highest BCUT2D eigenvalue weighted by Gasteiger charge is 2.33. The van der Waals surface area contributed by atoms with Gasteiger partial charge in [0.25, 0.3) is 5.91 Å². The highest BCUT2D eigenvalue weighted by atomic mass is 32.1. The van der Waals surface area contributed by atoms with Gasteiger partial charge in [-0.25, -0.2) is 0 Å². The number of carbonyl (C=O) groups is 1. The highest BCUT2D eigenvalue weighted by Crippen LogP contribution is 2.43. The number of terminal acetylenes is 1. The number of aliphatic hydroxyl groups is 1. The van der Waals surface area contributed by atoms with Gasteiger partial charge < -0.3 is 10.8 Å². The summed E-state index contributed by atoms with van der Waals surface area (Å²) < 4.78 is 0. The molecule has 0 fully saturated rings. The van der Waals surface area contributed by atoms with E-state index in [4.69, 9.17) is 12.2 Å². The summed E-state index contributed by atoms with van der Waals surface area (Å²) in [5.41, 5.74) is 8.92. The first-order valence-electron chi connectivity index (χ1n) is 9.81. The van der Waals surface area contributed by atoms with Crippen LogP contribution in [0.1, 0.15) is 76.8 Å². The van der Waals surface area contributed by atoms with Crippen LogP contribution in [-0.4, -0.2) is 16.6 Å². The summed E-state index contributed by atoms with van der Waals surface area (Å²) in [5.74, 6) is 2.08. The van der Waals surface area contributed by atoms with Crippen molar-refractivity contribution in [3.8, 4) is 12.3 Å². The van der Waals surface area contributed by atoms with Gasteiger partial charge in [0.1, 0.15) is 5.60 Å². The monoisotopic (exact) mass is 397 g/mol. The third-order valence-corrected chi connectivity index (χ3v) is 7.36. The molecule has 1 heterocycles. The smallest absolute Gasteiger partial charge is 0.259 e. The Kier molecular flexibility index (Phi) is 6.75. The van der Waals surface area contributed by atoms with Crippen LogP contribution in [0.5, 0.6) is 0 Å². The second-order valence-electron chi connectivity index (χ2n) is 7.84. The number of hydrogen-bond donors (Lipinski definition) is 2. The van der Waals surface area contributed by atoms with Crippen LogP contribution in [0.25, 0.3) is 0 Å². The molecule has 2 rings (SSSR count). The quantitative estimate of drug-likeness (QED) is 0.623. The fraction of sp³-hybridized carbons (Fsp3) is 0.458. The predicted molar refractivity (Wildman–Crippen MR) is 118 cm³/mol. The van der Waals surface area contributed by atoms with Crippen LogP contribution in [-0.2, 0) is 11.8 Å². The van der Waals surface area contributed by atoms with Crippen molar-refractivity contribution in [1.29, 1.82) is 0 Å². The van der Waals surface area contributed by atoms with Crippen molar-refractivity contribution in [3.05, 3.63) is 56.3 Å². The molecule has 0 radical (unpaired) electrons. The molecule has 0 aliphatic heterocycles. The molecule has 3 nitrogen and oxygen atoms in total. The lowest BCUT2D eigenvalue weighted by Crippen LogP contribution is -2.25. The van der Waals surface area contributed by atoms with E-state index in [9.17, 15) is 9.90 Å². The number of rotatable bonds is 8. The average molecular weight is 398 g/mol. The first-order valence-corrected chi connectivity index (χ1v) is 10.6. The number of amides is 1. The standard InChI is InChI=1S/C24H31NO2S/c1-7-23(6,27)13-12-18-10-11-19(14-16(18)4)24(8-2,9-3)20-15-17(5)21(28-20)22(25)26/h1,10-11,14-15,27H,8-9,12-13H2,2-6H3,(H2,25,26). The first kappa shape index (κ1) is 22.2. The van der Waals surface area contributed by atoms with Crippen molar-refractivity contribution in [2.75, 3.05) is 0 Å². The molecule has 28 heavy (non-hydrogen) atoms. The lowest BCUT2D eigenvalue weighted by molar-refractivity contribution is 0.100. The van der Waals surface area contributed by atoms with Gasteiger partial charge in [-0.05, 0) is 74.8 Å². The van der Waals surface area contributed by atoms with Crippen molar-refractivity contribution in [2.24, 2.45) is 5.73 Å². The Hall–Kier alpha value is -2.09. The SMILES string of the molecule is C#CC(C)(O)CCc1ccc(C(CC)(CC)c2cc(C)c(C(N)=O)s2)cc1C. The molecule has 1 unspecified atom stereocenters. The molecule has 0 aliphatic carbocycles. The minimum absolute atomic E-state index is 0.142. The van der Waals surface area contributed by atoms with Gasteiger partial charge in [-0.2, -0.15) is 0 Å². The van der Waals surface area contributed by atoms with Gasteiger partial charge >= 0.3 is 0 Å². The molecule has 0 spiro atoms. The summed E-state index contributed by atoms with van der Waals surface area (Å²) in [6.45, 7) is 10.1. The third-order valence-electron chi connectivity index (χ3n) is 5.91. The number of aryl methyl sites for hydroxylation is 3. The Morgan fingerprint density at radius 1 is 1.21 bits per heavy atom. The molecule has 4 heteroatoms. The maximum absolute atomic E-state index is 11.7. The van der Waals surface area contributed by atoms with Crippen molar-refractivity contribution < 1.29 is 9.90 Å². The van der Waals surface area contributed by atoms with E-state index in [2.05, 4.69) is 51.0 Å². The summed E-state index contributed by atoms with van der Waals surface area (Å²) in [5, 5.41) is 10.1. The van der Waals surface area contributed by atoms with Crippen LogP contribution in [0, 0.1) is 26.2 Å². The number of thiophene rings is 1. The van der Waals surface area contributed by atoms with E-state index in [0.717, 1.165) is 24.8 Å². The Bertz CT molecular complexity index is 898. The minimum Gasteiger partial charge on any atom is -0.378 e. The molecule has 0 bridgehead atoms. The van der Waals surface area contributed by atoms with E-state index >= 15 is 0 Å². The summed E-state index contributed by atoms with van der Waals surface area (Å²) in [4.78, 5) is 13.6. The fourth-order valence-electron chi connectivity index (χ4n) is 3.84. The molecule has 1 aromatic heterocycles. The zero-order valence-corrected chi connectivity index (χ0v) is 18.4. The van der Waals surface area contributed by atoms with Gasteiger partial charge in [0.15, 0.2) is 0 Å². The summed E-state index contributed by atoms with van der Waals surface area (Å²) in [6, 6.07) is 8.68. The zero-order chi connectivity index (χ0) is 21.1. The van der Waals surface area contributed by atoms with Crippen LogP contribution < -0.4 is 5.73 Å². The molecule has 0 saturated heterocycles. The molecule has 1 aromatic carbocycles. The lowest BCUT2D eigenvalue weighted by atomic mass is 9.73. The maximum Gasteiger partial charge on any atom is 0.259 e. The Balaban J connectivity index is 2.44. The van der Waals surface area contributed by atoms with Crippen LogP contribution in [0.15, 0.2) is 24.3 Å². The van der Waals surface area contributed by atoms with Crippen molar-refractivity contribution in [1.82, 2.24) is 0 Å². The second kappa shape index (κ2) is 8.51. The van der Waals surface area contributed by atoms with Gasteiger partial charge in [0, 0.05) is 10.3 Å². The van der Waals surface area contributed by atoms with Crippen LogP contribution >= 0.6 is 11.3 Å². The summed E-state index contributed by atoms with van der Waals surface area (Å²) in [6.07, 6.45) is 8.53. The van der Waals surface area contributed by atoms with Crippen LogP contribution in [0.2, 0.25) is 0 Å². The third kappa shape index (κ3) is 4.32. The van der Waals surface area contributed by atoms with Crippen LogP contribution in [0.4, 0.5) is 0 Å². The Morgan fingerprint density at radius 3 is 2.32 bits per heavy atom. The van der Waals surface area contributed by atoms with E-state index in [-0.39, 0.29) is 11.3 Å². The summed E-state index contributed by atoms with van der Waals surface area (Å²) >= 11 is 1.52. The number of primary amides is 1. The van der Waals surface area contributed by atoms with Gasteiger partial charge in [-0.3, -0.25) is 4.79 Å². The molecule has 2 aromatic rings. The lowest BCUT2D eigenvalue weighted by Gasteiger charge is -2.32. The van der Waals surface area contributed by atoms with Gasteiger partial charge in [0.2, 0.25) is 0 Å². The highest BCUT2D eigenvalue weighted by molar-refractivity contribution is 7.14. The zero-order valence-electron chi connectivity index (χ0n) is 17.6. The minimum atomic E-state index is -1.08. The molecule has 1 amide bonds. The largest absolute Gasteiger partial charge is 0.378 e. The van der Waals surface area contributed by atoms with E-state index < -0.39 is 5.60 Å². The Morgan fingerprint density at radius 2 is 1.86 bits per heavy atom. The van der Waals surface area contributed by atoms with Crippen molar-refractivity contribution in [3.63, 3.8) is 0 Å². The second-order valence-corrected chi connectivity index (χ2v) is 8.89. The predicted octanol–water partition coefficient (Wildman–Crippen LogP) is 4.89. The van der Waals surface area contributed by atoms with E-state index in [1.165, 1.54) is 32.9 Å². The van der Waals surface area contributed by atoms with Gasteiger partial charge in [0.05, 0.1) is 4.88 Å². The summed E-state index contributed by atoms with van der Waals surface area (Å²) in [7, 11) is 0. The average Bonchev–Trinajstić information content (AvgIpc) is 3.05. The van der Waals surface area contributed by atoms with Crippen molar-refractivity contribution >= 4 is 17.2 Å². The normalized spacial score (nSPS) is 13.8. The molecule has 150 valence electrons. The Labute approximate surface area is 173 Å². The molecule has 1 atom stereocenters. The number of benzene rings is 1. The van der Waals surface area contributed by atoms with E-state index in [1.54, 1.807) is 6.92 Å². The first-order chi connectivity index (χ1) is 13.1. The number of carbonyl (C=O) groups excluding carboxylic acids is 1. The van der Waals surface area contributed by atoms with E-state index in [1.807, 2.05) is 6.92 Å². The van der Waals surface area contributed by atoms with Crippen molar-refractivity contribution in [2.45, 2.75) is 71.3 Å².